The summed E-state index contributed by atoms with van der Waals surface area (Å²) in [7, 11) is 0. The van der Waals surface area contributed by atoms with Crippen LogP contribution in [-0.4, -0.2) is 34.7 Å². The predicted octanol–water partition coefficient (Wildman–Crippen LogP) is 3.05. The lowest BCUT2D eigenvalue weighted by atomic mass is 10.2. The SMILES string of the molecule is CCCCOC(=O)C[C@@H](CI)NC(=O)OC(C)(C)C. The molecule has 112 valence electrons. The van der Waals surface area contributed by atoms with Crippen molar-refractivity contribution in [2.24, 2.45) is 0 Å². The summed E-state index contributed by atoms with van der Waals surface area (Å²) in [5.74, 6) is -0.286. The summed E-state index contributed by atoms with van der Waals surface area (Å²) in [5, 5.41) is 2.68. The number of alkyl halides is 1. The molecule has 0 heterocycles. The van der Waals surface area contributed by atoms with Gasteiger partial charge in [-0.05, 0) is 27.2 Å². The van der Waals surface area contributed by atoms with Gasteiger partial charge in [0.15, 0.2) is 0 Å². The van der Waals surface area contributed by atoms with Crippen LogP contribution in [0.4, 0.5) is 4.79 Å². The summed E-state index contributed by atoms with van der Waals surface area (Å²) >= 11 is 2.12. The van der Waals surface area contributed by atoms with Crippen molar-refractivity contribution in [1.82, 2.24) is 5.32 Å². The highest BCUT2D eigenvalue weighted by Gasteiger charge is 2.21. The van der Waals surface area contributed by atoms with Crippen molar-refractivity contribution < 1.29 is 19.1 Å². The van der Waals surface area contributed by atoms with Crippen molar-refractivity contribution in [2.75, 3.05) is 11.0 Å². The first kappa shape index (κ1) is 18.5. The van der Waals surface area contributed by atoms with Gasteiger partial charge in [-0.3, -0.25) is 4.79 Å². The first-order chi connectivity index (χ1) is 8.78. The number of esters is 1. The van der Waals surface area contributed by atoms with Gasteiger partial charge in [0.25, 0.3) is 0 Å². The molecule has 0 bridgehead atoms. The number of nitrogens with one attached hydrogen (secondary N) is 1. The van der Waals surface area contributed by atoms with E-state index in [4.69, 9.17) is 9.47 Å². The second kappa shape index (κ2) is 9.39. The summed E-state index contributed by atoms with van der Waals surface area (Å²) in [6, 6.07) is -0.260. The van der Waals surface area contributed by atoms with Crippen LogP contribution < -0.4 is 5.32 Å². The van der Waals surface area contributed by atoms with Crippen molar-refractivity contribution in [2.45, 2.75) is 58.6 Å². The van der Waals surface area contributed by atoms with Gasteiger partial charge in [0.2, 0.25) is 0 Å². The van der Waals surface area contributed by atoms with Gasteiger partial charge in [0.1, 0.15) is 5.60 Å². The molecular weight excluding hydrogens is 361 g/mol. The molecule has 0 rings (SSSR count). The van der Waals surface area contributed by atoms with Gasteiger partial charge in [-0.2, -0.15) is 0 Å². The van der Waals surface area contributed by atoms with E-state index in [1.54, 1.807) is 20.8 Å². The Morgan fingerprint density at radius 2 is 1.95 bits per heavy atom. The molecule has 1 atom stereocenters. The van der Waals surface area contributed by atoms with E-state index in [0.29, 0.717) is 11.0 Å². The number of halogens is 1. The Bertz CT molecular complexity index is 289. The molecule has 0 aromatic heterocycles. The summed E-state index contributed by atoms with van der Waals surface area (Å²) in [6.07, 6.45) is 1.51. The molecule has 0 aliphatic heterocycles. The van der Waals surface area contributed by atoms with Crippen molar-refractivity contribution in [3.63, 3.8) is 0 Å². The molecule has 0 unspecified atom stereocenters. The van der Waals surface area contributed by atoms with E-state index in [9.17, 15) is 9.59 Å². The minimum atomic E-state index is -0.540. The van der Waals surface area contributed by atoms with Crippen LogP contribution >= 0.6 is 22.6 Å². The second-order valence-electron chi connectivity index (χ2n) is 5.28. The minimum Gasteiger partial charge on any atom is -0.466 e. The van der Waals surface area contributed by atoms with E-state index in [2.05, 4.69) is 27.9 Å². The molecule has 0 aliphatic carbocycles. The van der Waals surface area contributed by atoms with Crippen LogP contribution in [0.3, 0.4) is 0 Å². The molecule has 1 amide bonds. The highest BCUT2D eigenvalue weighted by Crippen LogP contribution is 2.08. The fourth-order valence-electron chi connectivity index (χ4n) is 1.21. The zero-order chi connectivity index (χ0) is 14.9. The standard InChI is InChI=1S/C13H24INO4/c1-5-6-7-18-11(16)8-10(9-14)15-12(17)19-13(2,3)4/h10H,5-9H2,1-4H3,(H,15,17)/t10-/m0/s1. The molecule has 1 N–H and O–H groups in total. The molecule has 19 heavy (non-hydrogen) atoms. The molecule has 0 fully saturated rings. The lowest BCUT2D eigenvalue weighted by Crippen LogP contribution is -2.41. The first-order valence-electron chi connectivity index (χ1n) is 6.49. The van der Waals surface area contributed by atoms with Gasteiger partial charge in [-0.15, -0.1) is 0 Å². The third-order valence-electron chi connectivity index (χ3n) is 2.08. The molecular formula is C13H24INO4. The van der Waals surface area contributed by atoms with E-state index < -0.39 is 11.7 Å². The van der Waals surface area contributed by atoms with Gasteiger partial charge in [0, 0.05) is 4.43 Å². The van der Waals surface area contributed by atoms with Crippen LogP contribution in [-0.2, 0) is 14.3 Å². The van der Waals surface area contributed by atoms with Gasteiger partial charge < -0.3 is 14.8 Å². The third kappa shape index (κ3) is 11.0. The molecule has 5 nitrogen and oxygen atoms in total. The van der Waals surface area contributed by atoms with E-state index in [0.717, 1.165) is 12.8 Å². The molecule has 0 spiro atoms. The van der Waals surface area contributed by atoms with Crippen LogP contribution in [0.25, 0.3) is 0 Å². The smallest absolute Gasteiger partial charge is 0.407 e. The van der Waals surface area contributed by atoms with Gasteiger partial charge in [0.05, 0.1) is 19.1 Å². The van der Waals surface area contributed by atoms with Crippen LogP contribution in [0.2, 0.25) is 0 Å². The Hall–Kier alpha value is -0.530. The van der Waals surface area contributed by atoms with Crippen LogP contribution in [0.5, 0.6) is 0 Å². The number of hydrogen-bond acceptors (Lipinski definition) is 4. The normalized spacial score (nSPS) is 12.7. The molecule has 0 radical (unpaired) electrons. The summed E-state index contributed by atoms with van der Waals surface area (Å²) in [4.78, 5) is 23.1. The highest BCUT2D eigenvalue weighted by molar-refractivity contribution is 14.1. The van der Waals surface area contributed by atoms with E-state index in [1.807, 2.05) is 6.92 Å². The lowest BCUT2D eigenvalue weighted by molar-refractivity contribution is -0.144. The average molecular weight is 385 g/mol. The van der Waals surface area contributed by atoms with Crippen LogP contribution in [0, 0.1) is 0 Å². The number of unbranched alkanes of at least 4 members (excludes halogenated alkanes) is 1. The maximum atomic E-state index is 11.6. The average Bonchev–Trinajstić information content (AvgIpc) is 2.25. The molecule has 0 aliphatic rings. The fraction of sp³-hybridized carbons (Fsp3) is 0.846. The number of hydrogen-bond donors (Lipinski definition) is 1. The molecule has 0 saturated carbocycles. The lowest BCUT2D eigenvalue weighted by Gasteiger charge is -2.22. The zero-order valence-electron chi connectivity index (χ0n) is 12.1. The Balaban J connectivity index is 4.06. The number of alkyl carbamates (subject to hydrolysis) is 1. The quantitative estimate of drug-likeness (QED) is 0.317. The second-order valence-corrected chi connectivity index (χ2v) is 6.16. The Morgan fingerprint density at radius 3 is 2.42 bits per heavy atom. The molecule has 6 heteroatoms. The van der Waals surface area contributed by atoms with Gasteiger partial charge in [-0.1, -0.05) is 35.9 Å². The molecule has 0 saturated heterocycles. The summed E-state index contributed by atoms with van der Waals surface area (Å²) < 4.78 is 10.8. The van der Waals surface area contributed by atoms with E-state index in [1.165, 1.54) is 0 Å². The van der Waals surface area contributed by atoms with E-state index in [-0.39, 0.29) is 18.4 Å². The predicted molar refractivity (Wildman–Crippen MR) is 82.5 cm³/mol. The molecule has 0 aromatic rings. The Morgan fingerprint density at radius 1 is 1.32 bits per heavy atom. The molecule has 0 aromatic carbocycles. The van der Waals surface area contributed by atoms with Crippen molar-refractivity contribution >= 4 is 34.7 Å². The van der Waals surface area contributed by atoms with Crippen molar-refractivity contribution in [1.29, 1.82) is 0 Å². The van der Waals surface area contributed by atoms with Crippen LogP contribution in [0.15, 0.2) is 0 Å². The van der Waals surface area contributed by atoms with Crippen molar-refractivity contribution in [3.8, 4) is 0 Å². The number of carbonyl (C=O) groups is 2. The monoisotopic (exact) mass is 385 g/mol. The summed E-state index contributed by atoms with van der Waals surface area (Å²) in [6.45, 7) is 7.86. The number of rotatable bonds is 7. The summed E-state index contributed by atoms with van der Waals surface area (Å²) in [5.41, 5.74) is -0.540. The minimum absolute atomic E-state index is 0.173. The largest absolute Gasteiger partial charge is 0.466 e. The Kier molecular flexibility index (Phi) is 9.12. The first-order valence-corrected chi connectivity index (χ1v) is 8.02. The topological polar surface area (TPSA) is 64.6 Å². The number of amides is 1. The highest BCUT2D eigenvalue weighted by atomic mass is 127. The zero-order valence-corrected chi connectivity index (χ0v) is 14.3. The number of ether oxygens (including phenoxy) is 2. The maximum absolute atomic E-state index is 11.6. The Labute approximate surface area is 128 Å². The van der Waals surface area contributed by atoms with Crippen LogP contribution in [0.1, 0.15) is 47.0 Å². The van der Waals surface area contributed by atoms with E-state index >= 15 is 0 Å². The fourth-order valence-corrected chi connectivity index (χ4v) is 1.74. The van der Waals surface area contributed by atoms with Gasteiger partial charge >= 0.3 is 12.1 Å². The number of carbonyl (C=O) groups excluding carboxylic acids is 2. The maximum Gasteiger partial charge on any atom is 0.407 e. The third-order valence-corrected chi connectivity index (χ3v) is 3.14. The van der Waals surface area contributed by atoms with Crippen molar-refractivity contribution in [3.05, 3.63) is 0 Å². The van der Waals surface area contributed by atoms with Gasteiger partial charge in [-0.25, -0.2) is 4.79 Å².